The summed E-state index contributed by atoms with van der Waals surface area (Å²) in [6.07, 6.45) is 1.99. The molecule has 7 heteroatoms. The van der Waals surface area contributed by atoms with Gasteiger partial charge < -0.3 is 15.4 Å². The Balaban J connectivity index is 1.95. The molecule has 1 aromatic rings. The summed E-state index contributed by atoms with van der Waals surface area (Å²) >= 11 is 0. The molecule has 22 heavy (non-hydrogen) atoms. The molecule has 0 unspecified atom stereocenters. The third-order valence-electron chi connectivity index (χ3n) is 3.65. The monoisotopic (exact) mass is 316 g/mol. The zero-order valence-electron chi connectivity index (χ0n) is 12.2. The van der Waals surface area contributed by atoms with Crippen LogP contribution >= 0.6 is 0 Å². The molecule has 1 heterocycles. The first kappa shape index (κ1) is 16.8. The van der Waals surface area contributed by atoms with Crippen LogP contribution in [0.25, 0.3) is 0 Å². The number of nitrogens with two attached hydrogens (primary N) is 1. The number of piperidine rings is 1. The van der Waals surface area contributed by atoms with Gasteiger partial charge in [-0.15, -0.1) is 0 Å². The topological polar surface area (TPSA) is 55.6 Å². The summed E-state index contributed by atoms with van der Waals surface area (Å²) in [4.78, 5) is 13.5. The Labute approximate surface area is 127 Å². The van der Waals surface area contributed by atoms with Crippen LogP contribution in [0.15, 0.2) is 12.1 Å². The molecule has 0 atom stereocenters. The zero-order chi connectivity index (χ0) is 16.1. The van der Waals surface area contributed by atoms with Crippen molar-refractivity contribution in [2.75, 3.05) is 26.2 Å². The van der Waals surface area contributed by atoms with Crippen molar-refractivity contribution in [2.45, 2.75) is 25.4 Å². The van der Waals surface area contributed by atoms with Gasteiger partial charge in [-0.25, -0.2) is 13.2 Å². The molecule has 0 bridgehead atoms. The lowest BCUT2D eigenvalue weighted by molar-refractivity contribution is 0.00822. The number of nitrogens with zero attached hydrogens (tertiary/aromatic N) is 1. The fourth-order valence-electron chi connectivity index (χ4n) is 2.46. The van der Waals surface area contributed by atoms with Crippen molar-refractivity contribution in [2.24, 2.45) is 5.73 Å². The second kappa shape index (κ2) is 7.60. The van der Waals surface area contributed by atoms with Crippen molar-refractivity contribution < 1.29 is 22.7 Å². The van der Waals surface area contributed by atoms with E-state index in [2.05, 4.69) is 0 Å². The minimum Gasteiger partial charge on any atom is -0.378 e. The average Bonchev–Trinajstić information content (AvgIpc) is 2.47. The summed E-state index contributed by atoms with van der Waals surface area (Å²) in [6.45, 7) is 1.82. The minimum atomic E-state index is -1.18. The third-order valence-corrected chi connectivity index (χ3v) is 3.65. The highest BCUT2D eigenvalue weighted by atomic mass is 19.1. The van der Waals surface area contributed by atoms with Gasteiger partial charge in [0.2, 0.25) is 0 Å². The molecule has 0 aliphatic carbocycles. The Kier molecular flexibility index (Phi) is 5.79. The molecular formula is C15H19F3N2O2. The van der Waals surface area contributed by atoms with Gasteiger partial charge in [0, 0.05) is 31.8 Å². The number of carbonyl (C=O) groups excluding carboxylic acids is 1. The lowest BCUT2D eigenvalue weighted by Gasteiger charge is -2.32. The number of ether oxygens (including phenoxy) is 1. The van der Waals surface area contributed by atoms with Crippen LogP contribution in [0, 0.1) is 17.5 Å². The van der Waals surface area contributed by atoms with Gasteiger partial charge in [-0.3, -0.25) is 4.79 Å². The predicted molar refractivity (Wildman–Crippen MR) is 74.9 cm³/mol. The Morgan fingerprint density at radius 1 is 1.23 bits per heavy atom. The second-order valence-electron chi connectivity index (χ2n) is 5.25. The normalized spacial score (nSPS) is 16.1. The van der Waals surface area contributed by atoms with Gasteiger partial charge in [-0.2, -0.15) is 0 Å². The molecule has 1 fully saturated rings. The number of benzene rings is 1. The van der Waals surface area contributed by atoms with Crippen LogP contribution in [-0.4, -0.2) is 43.2 Å². The van der Waals surface area contributed by atoms with Crippen molar-refractivity contribution in [1.29, 1.82) is 0 Å². The number of amides is 1. The van der Waals surface area contributed by atoms with Crippen molar-refractivity contribution >= 4 is 5.91 Å². The van der Waals surface area contributed by atoms with Crippen LogP contribution in [-0.2, 0) is 4.74 Å². The van der Waals surface area contributed by atoms with E-state index in [9.17, 15) is 18.0 Å². The molecule has 1 aromatic carbocycles. The zero-order valence-corrected chi connectivity index (χ0v) is 12.2. The maximum absolute atomic E-state index is 13.6. The van der Waals surface area contributed by atoms with Crippen LogP contribution in [0.4, 0.5) is 13.2 Å². The first-order valence-corrected chi connectivity index (χ1v) is 7.28. The Morgan fingerprint density at radius 3 is 2.36 bits per heavy atom. The van der Waals surface area contributed by atoms with Gasteiger partial charge in [0.05, 0.1) is 6.10 Å². The minimum absolute atomic E-state index is 0.0264. The molecular weight excluding hydrogens is 297 g/mol. The summed E-state index contributed by atoms with van der Waals surface area (Å²) in [7, 11) is 0. The molecule has 1 amide bonds. The van der Waals surface area contributed by atoms with Crippen LogP contribution in [0.3, 0.4) is 0 Å². The number of halogens is 3. The van der Waals surface area contributed by atoms with Crippen LogP contribution in [0.5, 0.6) is 0 Å². The molecule has 2 N–H and O–H groups in total. The molecule has 1 aliphatic heterocycles. The summed E-state index contributed by atoms with van der Waals surface area (Å²) in [5, 5.41) is 0. The highest BCUT2D eigenvalue weighted by Gasteiger charge is 2.28. The number of hydrogen-bond acceptors (Lipinski definition) is 3. The Morgan fingerprint density at radius 2 is 1.82 bits per heavy atom. The Hall–Kier alpha value is -1.60. The molecule has 0 aromatic heterocycles. The maximum Gasteiger partial charge on any atom is 0.259 e. The van der Waals surface area contributed by atoms with E-state index < -0.39 is 28.9 Å². The first-order chi connectivity index (χ1) is 10.5. The maximum atomic E-state index is 13.6. The fraction of sp³-hybridized carbons (Fsp3) is 0.533. The summed E-state index contributed by atoms with van der Waals surface area (Å²) < 4.78 is 45.8. The summed E-state index contributed by atoms with van der Waals surface area (Å²) in [5.74, 6) is -4.15. The molecule has 1 aliphatic rings. The SMILES string of the molecule is NCCCOC1CCN(C(=O)c2c(F)cc(F)cc2F)CC1. The van der Waals surface area contributed by atoms with Gasteiger partial charge in [0.15, 0.2) is 0 Å². The van der Waals surface area contributed by atoms with Crippen molar-refractivity contribution in [3.05, 3.63) is 35.1 Å². The third kappa shape index (κ3) is 3.98. The molecule has 0 saturated carbocycles. The van der Waals surface area contributed by atoms with Gasteiger partial charge in [0.1, 0.15) is 23.0 Å². The fourth-order valence-corrected chi connectivity index (χ4v) is 2.46. The molecule has 0 radical (unpaired) electrons. The largest absolute Gasteiger partial charge is 0.378 e. The van der Waals surface area contributed by atoms with E-state index in [-0.39, 0.29) is 6.10 Å². The smallest absolute Gasteiger partial charge is 0.259 e. The van der Waals surface area contributed by atoms with E-state index in [1.54, 1.807) is 0 Å². The number of likely N-dealkylation sites (tertiary alicyclic amines) is 1. The quantitative estimate of drug-likeness (QED) is 0.846. The van der Waals surface area contributed by atoms with E-state index in [4.69, 9.17) is 10.5 Å². The van der Waals surface area contributed by atoms with E-state index in [0.29, 0.717) is 51.2 Å². The average molecular weight is 316 g/mol. The Bertz CT molecular complexity index is 509. The van der Waals surface area contributed by atoms with Gasteiger partial charge in [0.25, 0.3) is 5.91 Å². The van der Waals surface area contributed by atoms with Gasteiger partial charge in [-0.1, -0.05) is 0 Å². The summed E-state index contributed by atoms with van der Waals surface area (Å²) in [6, 6.07) is 1.03. The molecule has 122 valence electrons. The number of carbonyl (C=O) groups is 1. The van der Waals surface area contributed by atoms with Crippen molar-refractivity contribution in [3.8, 4) is 0 Å². The highest BCUT2D eigenvalue weighted by Crippen LogP contribution is 2.20. The highest BCUT2D eigenvalue weighted by molar-refractivity contribution is 5.94. The molecule has 0 spiro atoms. The van der Waals surface area contributed by atoms with Crippen molar-refractivity contribution in [1.82, 2.24) is 4.90 Å². The van der Waals surface area contributed by atoms with Gasteiger partial charge in [-0.05, 0) is 25.8 Å². The first-order valence-electron chi connectivity index (χ1n) is 7.28. The molecule has 2 rings (SSSR count). The van der Waals surface area contributed by atoms with E-state index in [0.717, 1.165) is 6.42 Å². The van der Waals surface area contributed by atoms with Gasteiger partial charge >= 0.3 is 0 Å². The molecule has 4 nitrogen and oxygen atoms in total. The molecule has 1 saturated heterocycles. The predicted octanol–water partition coefficient (Wildman–Crippen LogP) is 2.07. The van der Waals surface area contributed by atoms with E-state index in [1.165, 1.54) is 4.90 Å². The number of rotatable bonds is 5. The standard InChI is InChI=1S/C15H19F3N2O2/c16-10-8-12(17)14(13(18)9-10)15(21)20-5-2-11(3-6-20)22-7-1-4-19/h8-9,11H,1-7,19H2. The lowest BCUT2D eigenvalue weighted by Crippen LogP contribution is -2.41. The van der Waals surface area contributed by atoms with Crippen molar-refractivity contribution in [3.63, 3.8) is 0 Å². The van der Waals surface area contributed by atoms with Crippen LogP contribution in [0.1, 0.15) is 29.6 Å². The van der Waals surface area contributed by atoms with Crippen LogP contribution < -0.4 is 5.73 Å². The lowest BCUT2D eigenvalue weighted by atomic mass is 10.1. The second-order valence-corrected chi connectivity index (χ2v) is 5.25. The van der Waals surface area contributed by atoms with Crippen LogP contribution in [0.2, 0.25) is 0 Å². The van der Waals surface area contributed by atoms with E-state index in [1.807, 2.05) is 0 Å². The number of hydrogen-bond donors (Lipinski definition) is 1. The summed E-state index contributed by atoms with van der Waals surface area (Å²) in [5.41, 5.74) is 4.67. The van der Waals surface area contributed by atoms with E-state index >= 15 is 0 Å².